The molecule has 0 saturated carbocycles. The van der Waals surface area contributed by atoms with E-state index in [1.807, 2.05) is 6.07 Å². The van der Waals surface area contributed by atoms with Crippen LogP contribution >= 0.6 is 23.5 Å². The van der Waals surface area contributed by atoms with E-state index in [1.54, 1.807) is 23.5 Å². The Hall–Kier alpha value is -1.42. The van der Waals surface area contributed by atoms with E-state index in [-0.39, 0.29) is 0 Å². The first-order valence-electron chi connectivity index (χ1n) is 8.39. The van der Waals surface area contributed by atoms with Crippen LogP contribution in [0.4, 0.5) is 0 Å². The molecule has 2 rings (SSSR count). The van der Waals surface area contributed by atoms with E-state index in [9.17, 15) is 0 Å². The Morgan fingerprint density at radius 2 is 1.29 bits per heavy atom. The largest absolute Gasteiger partial charge is 0.313 e. The lowest BCUT2D eigenvalue weighted by atomic mass is 10.2. The highest BCUT2D eigenvalue weighted by atomic mass is 32.2. The first kappa shape index (κ1) is 18.9. The lowest BCUT2D eigenvalue weighted by Crippen LogP contribution is -2.14. The minimum Gasteiger partial charge on any atom is -0.313 e. The normalized spacial score (nSPS) is 11.5. The van der Waals surface area contributed by atoms with Crippen molar-refractivity contribution in [2.24, 2.45) is 0 Å². The molecule has 0 atom stereocenters. The highest BCUT2D eigenvalue weighted by Gasteiger charge is 1.89. The fraction of sp³-hybridized carbons (Fsp3) is 0.238. The lowest BCUT2D eigenvalue weighted by Gasteiger charge is -2.00. The van der Waals surface area contributed by atoms with Crippen LogP contribution in [0.3, 0.4) is 0 Å². The molecule has 0 radical (unpaired) electrons. The van der Waals surface area contributed by atoms with E-state index < -0.39 is 0 Å². The first-order chi connectivity index (χ1) is 11.9. The molecule has 3 heteroatoms. The van der Waals surface area contributed by atoms with Gasteiger partial charge in [-0.25, -0.2) is 0 Å². The van der Waals surface area contributed by atoms with Crippen LogP contribution in [0.2, 0.25) is 0 Å². The molecule has 0 fully saturated rings. The summed E-state index contributed by atoms with van der Waals surface area (Å²) in [5, 5.41) is 7.82. The summed E-state index contributed by atoms with van der Waals surface area (Å²) in [6.45, 7) is 2.03. The summed E-state index contributed by atoms with van der Waals surface area (Å²) in [6.07, 6.45) is 8.07. The molecule has 0 aliphatic heterocycles. The first-order valence-corrected chi connectivity index (χ1v) is 10.2. The van der Waals surface area contributed by atoms with E-state index in [2.05, 4.69) is 82.9 Å². The molecule has 1 N–H and O–H groups in total. The van der Waals surface area contributed by atoms with Crippen LogP contribution in [0.1, 0.15) is 19.3 Å². The average molecular weight is 356 g/mol. The van der Waals surface area contributed by atoms with Crippen LogP contribution in [0, 0.1) is 0 Å². The van der Waals surface area contributed by atoms with Crippen LogP contribution in [0.25, 0.3) is 0 Å². The second-order valence-electron chi connectivity index (χ2n) is 5.31. The molecule has 2 aromatic carbocycles. The van der Waals surface area contributed by atoms with Crippen LogP contribution < -0.4 is 5.32 Å². The average Bonchev–Trinajstić information content (AvgIpc) is 2.64. The fourth-order valence-corrected chi connectivity index (χ4v) is 3.43. The molecule has 126 valence electrons. The summed E-state index contributed by atoms with van der Waals surface area (Å²) in [5.41, 5.74) is 0. The van der Waals surface area contributed by atoms with Crippen molar-refractivity contribution in [3.05, 3.63) is 83.6 Å². The van der Waals surface area contributed by atoms with Gasteiger partial charge in [-0.15, -0.1) is 0 Å². The molecule has 2 aromatic rings. The molecule has 0 unspecified atom stereocenters. The third kappa shape index (κ3) is 9.02. The lowest BCUT2D eigenvalue weighted by molar-refractivity contribution is 0.661. The number of hydrogen-bond acceptors (Lipinski definition) is 3. The molecule has 0 aliphatic carbocycles. The maximum atomic E-state index is 3.46. The number of hydrogen-bond donors (Lipinski definition) is 1. The van der Waals surface area contributed by atoms with Crippen molar-refractivity contribution < 1.29 is 0 Å². The Morgan fingerprint density at radius 1 is 0.708 bits per heavy atom. The van der Waals surface area contributed by atoms with Gasteiger partial charge < -0.3 is 5.32 Å². The van der Waals surface area contributed by atoms with Gasteiger partial charge in [0.2, 0.25) is 0 Å². The van der Waals surface area contributed by atoms with Gasteiger partial charge in [0.1, 0.15) is 0 Å². The van der Waals surface area contributed by atoms with Crippen LogP contribution in [0.5, 0.6) is 0 Å². The maximum Gasteiger partial charge on any atom is 0.0143 e. The zero-order valence-electron chi connectivity index (χ0n) is 13.9. The van der Waals surface area contributed by atoms with Gasteiger partial charge in [-0.2, -0.15) is 0 Å². The molecule has 0 spiro atoms. The van der Waals surface area contributed by atoms with Crippen molar-refractivity contribution in [3.8, 4) is 0 Å². The van der Waals surface area contributed by atoms with Crippen LogP contribution in [0.15, 0.2) is 93.4 Å². The molecular formula is C21H25NS2. The van der Waals surface area contributed by atoms with E-state index >= 15 is 0 Å². The SMILES string of the molecule is C(=C/Sc1ccccc1)/CCCCNC/C=C/Sc1ccccc1. The van der Waals surface area contributed by atoms with Gasteiger partial charge in [-0.3, -0.25) is 0 Å². The quantitative estimate of drug-likeness (QED) is 0.372. The monoisotopic (exact) mass is 355 g/mol. The number of rotatable bonds is 11. The third-order valence-corrected chi connectivity index (χ3v) is 5.07. The summed E-state index contributed by atoms with van der Waals surface area (Å²) in [5.74, 6) is 0. The highest BCUT2D eigenvalue weighted by molar-refractivity contribution is 8.02. The third-order valence-electron chi connectivity index (χ3n) is 3.32. The van der Waals surface area contributed by atoms with Crippen molar-refractivity contribution in [3.63, 3.8) is 0 Å². The highest BCUT2D eigenvalue weighted by Crippen LogP contribution is 2.18. The zero-order chi connectivity index (χ0) is 16.7. The number of unbranched alkanes of at least 4 members (excludes halogenated alkanes) is 2. The van der Waals surface area contributed by atoms with Crippen LogP contribution in [-0.4, -0.2) is 13.1 Å². The van der Waals surface area contributed by atoms with Crippen molar-refractivity contribution in [1.29, 1.82) is 0 Å². The standard InChI is InChI=1S/C21H25NS2/c1(2-10-18-23-20-12-5-3-6-13-20)9-16-22-17-11-19-24-21-14-7-4-8-15-21/h3-8,10-15,18-19,22H,1-2,9,16-17H2/b18-10-,19-11+. The molecule has 0 aliphatic rings. The predicted molar refractivity (Wildman–Crippen MR) is 110 cm³/mol. The Morgan fingerprint density at radius 3 is 1.92 bits per heavy atom. The number of nitrogens with one attached hydrogen (secondary N) is 1. The van der Waals surface area contributed by atoms with Crippen molar-refractivity contribution in [1.82, 2.24) is 5.32 Å². The van der Waals surface area contributed by atoms with Crippen LogP contribution in [-0.2, 0) is 0 Å². The fourth-order valence-electron chi connectivity index (χ4n) is 2.07. The molecule has 1 nitrogen and oxygen atoms in total. The van der Waals surface area contributed by atoms with Gasteiger partial charge >= 0.3 is 0 Å². The summed E-state index contributed by atoms with van der Waals surface area (Å²) >= 11 is 3.55. The number of thioether (sulfide) groups is 2. The minimum absolute atomic E-state index is 0.944. The molecule has 0 bridgehead atoms. The maximum absolute atomic E-state index is 3.46. The van der Waals surface area contributed by atoms with Gasteiger partial charge in [-0.05, 0) is 60.9 Å². The second-order valence-corrected chi connectivity index (χ2v) is 7.26. The molecular weight excluding hydrogens is 330 g/mol. The van der Waals surface area contributed by atoms with Crippen molar-refractivity contribution in [2.45, 2.75) is 29.1 Å². The van der Waals surface area contributed by atoms with E-state index in [0.29, 0.717) is 0 Å². The summed E-state index contributed by atoms with van der Waals surface area (Å²) < 4.78 is 0. The Balaban J connectivity index is 1.41. The van der Waals surface area contributed by atoms with Crippen molar-refractivity contribution in [2.75, 3.05) is 13.1 Å². The number of benzene rings is 2. The summed E-state index contributed by atoms with van der Waals surface area (Å²) in [7, 11) is 0. The Bertz CT molecular complexity index is 538. The number of allylic oxidation sites excluding steroid dienone is 1. The van der Waals surface area contributed by atoms with Gasteiger partial charge in [-0.1, -0.05) is 72.1 Å². The van der Waals surface area contributed by atoms with E-state index in [4.69, 9.17) is 0 Å². The van der Waals surface area contributed by atoms with Gasteiger partial charge in [0.25, 0.3) is 0 Å². The zero-order valence-corrected chi connectivity index (χ0v) is 15.6. The minimum atomic E-state index is 0.944. The Kier molecular flexibility index (Phi) is 10.2. The van der Waals surface area contributed by atoms with E-state index in [0.717, 1.165) is 19.5 Å². The smallest absolute Gasteiger partial charge is 0.0143 e. The topological polar surface area (TPSA) is 12.0 Å². The molecule has 0 aromatic heterocycles. The van der Waals surface area contributed by atoms with Gasteiger partial charge in [0.15, 0.2) is 0 Å². The van der Waals surface area contributed by atoms with Gasteiger partial charge in [0.05, 0.1) is 0 Å². The van der Waals surface area contributed by atoms with E-state index in [1.165, 1.54) is 22.6 Å². The summed E-state index contributed by atoms with van der Waals surface area (Å²) in [6, 6.07) is 20.9. The summed E-state index contributed by atoms with van der Waals surface area (Å²) in [4.78, 5) is 2.59. The molecule has 0 amide bonds. The second kappa shape index (κ2) is 12.9. The molecule has 0 heterocycles. The molecule has 0 saturated heterocycles. The Labute approximate surface area is 154 Å². The van der Waals surface area contributed by atoms with Gasteiger partial charge in [0, 0.05) is 16.3 Å². The molecule has 24 heavy (non-hydrogen) atoms. The predicted octanol–water partition coefficient (Wildman–Crippen LogP) is 6.36. The van der Waals surface area contributed by atoms with Crippen molar-refractivity contribution >= 4 is 23.5 Å².